The van der Waals surface area contributed by atoms with Crippen LogP contribution in [0.5, 0.6) is 0 Å². The van der Waals surface area contributed by atoms with Crippen LogP contribution in [0.1, 0.15) is 12.8 Å². The molecule has 0 unspecified atom stereocenters. The van der Waals surface area contributed by atoms with Gasteiger partial charge in [-0.05, 0) is 12.6 Å². The first-order valence-electron chi connectivity index (χ1n) is 5.91. The molecule has 96 valence electrons. The average molecular weight is 248 g/mol. The van der Waals surface area contributed by atoms with Crippen LogP contribution in [-0.2, 0) is 13.5 Å². The lowest BCUT2D eigenvalue weighted by molar-refractivity contribution is 0.496. The summed E-state index contributed by atoms with van der Waals surface area (Å²) < 4.78 is 6.99. The van der Waals surface area contributed by atoms with Crippen LogP contribution in [0, 0.1) is 0 Å². The summed E-state index contributed by atoms with van der Waals surface area (Å²) in [4.78, 5) is 11.5. The van der Waals surface area contributed by atoms with E-state index in [1.807, 2.05) is 6.92 Å². The van der Waals surface area contributed by atoms with Gasteiger partial charge in [0.25, 0.3) is 5.56 Å². The maximum Gasteiger partial charge on any atom is 0.251 e. The smallest absolute Gasteiger partial charge is 0.251 e. The highest BCUT2D eigenvalue weighted by Crippen LogP contribution is 2.15. The van der Waals surface area contributed by atoms with Gasteiger partial charge in [-0.25, -0.2) is 0 Å². The fourth-order valence-electron chi connectivity index (χ4n) is 1.52. The van der Waals surface area contributed by atoms with Gasteiger partial charge in [0.05, 0.1) is 0 Å². The molecule has 2 aromatic heterocycles. The van der Waals surface area contributed by atoms with Gasteiger partial charge in [-0.2, -0.15) is 0 Å². The number of rotatable bonds is 5. The Kier molecular flexibility index (Phi) is 3.88. The Balaban J connectivity index is 2.13. The fraction of sp³-hybridized carbons (Fsp3) is 0.417. The van der Waals surface area contributed by atoms with Crippen molar-refractivity contribution in [1.82, 2.24) is 20.1 Å². The minimum atomic E-state index is -0.0973. The molecule has 2 heterocycles. The molecular weight excluding hydrogens is 232 g/mol. The van der Waals surface area contributed by atoms with E-state index in [0.717, 1.165) is 13.1 Å². The number of pyridine rings is 1. The Labute approximate surface area is 105 Å². The summed E-state index contributed by atoms with van der Waals surface area (Å²) in [5.41, 5.74) is 0.556. The maximum atomic E-state index is 11.5. The lowest BCUT2D eigenvalue weighted by Crippen LogP contribution is -2.16. The van der Waals surface area contributed by atoms with Gasteiger partial charge in [-0.1, -0.05) is 6.92 Å². The van der Waals surface area contributed by atoms with Crippen molar-refractivity contribution < 1.29 is 4.42 Å². The van der Waals surface area contributed by atoms with E-state index in [0.29, 0.717) is 23.8 Å². The molecule has 6 heteroatoms. The van der Waals surface area contributed by atoms with Gasteiger partial charge in [0.1, 0.15) is 0 Å². The third-order valence-electron chi connectivity index (χ3n) is 2.58. The van der Waals surface area contributed by atoms with Crippen LogP contribution in [0.2, 0.25) is 0 Å². The maximum absolute atomic E-state index is 11.5. The predicted molar refractivity (Wildman–Crippen MR) is 67.2 cm³/mol. The van der Waals surface area contributed by atoms with Gasteiger partial charge < -0.3 is 14.3 Å². The van der Waals surface area contributed by atoms with Crippen molar-refractivity contribution in [3.8, 4) is 11.5 Å². The van der Waals surface area contributed by atoms with Crippen molar-refractivity contribution in [1.29, 1.82) is 0 Å². The van der Waals surface area contributed by atoms with Gasteiger partial charge in [-0.3, -0.25) is 4.79 Å². The number of nitrogens with zero attached hydrogens (tertiary/aromatic N) is 3. The highest BCUT2D eigenvalue weighted by Gasteiger charge is 2.08. The topological polar surface area (TPSA) is 73.0 Å². The molecule has 2 aromatic rings. The first-order chi connectivity index (χ1) is 8.70. The molecule has 0 aliphatic heterocycles. The Bertz CT molecular complexity index is 573. The van der Waals surface area contributed by atoms with E-state index in [1.54, 1.807) is 19.3 Å². The standard InChI is InChI=1S/C12H16N4O2/c1-3-13-6-4-10-14-15-12(18-10)9-5-7-16(2)11(17)8-9/h5,7-8,13H,3-4,6H2,1-2H3. The molecule has 0 aliphatic rings. The van der Waals surface area contributed by atoms with Crippen molar-refractivity contribution in [3.63, 3.8) is 0 Å². The lowest BCUT2D eigenvalue weighted by Gasteiger charge is -1.98. The van der Waals surface area contributed by atoms with Crippen molar-refractivity contribution in [3.05, 3.63) is 34.6 Å². The van der Waals surface area contributed by atoms with Crippen LogP contribution in [0.3, 0.4) is 0 Å². The van der Waals surface area contributed by atoms with E-state index in [2.05, 4.69) is 15.5 Å². The summed E-state index contributed by atoms with van der Waals surface area (Å²) in [5, 5.41) is 11.1. The van der Waals surface area contributed by atoms with Crippen LogP contribution < -0.4 is 10.9 Å². The van der Waals surface area contributed by atoms with Gasteiger partial charge in [-0.15, -0.1) is 10.2 Å². The third-order valence-corrected chi connectivity index (χ3v) is 2.58. The van der Waals surface area contributed by atoms with Gasteiger partial charge in [0, 0.05) is 37.8 Å². The molecule has 0 aromatic carbocycles. The number of nitrogens with one attached hydrogen (secondary N) is 1. The third kappa shape index (κ3) is 2.84. The summed E-state index contributed by atoms with van der Waals surface area (Å²) in [5.74, 6) is 0.964. The van der Waals surface area contributed by atoms with Crippen LogP contribution >= 0.6 is 0 Å². The first kappa shape index (κ1) is 12.5. The van der Waals surface area contributed by atoms with Crippen molar-refractivity contribution >= 4 is 0 Å². The SMILES string of the molecule is CCNCCc1nnc(-c2ccn(C)c(=O)c2)o1. The second kappa shape index (κ2) is 5.59. The first-order valence-corrected chi connectivity index (χ1v) is 5.91. The lowest BCUT2D eigenvalue weighted by atomic mass is 10.3. The largest absolute Gasteiger partial charge is 0.421 e. The summed E-state index contributed by atoms with van der Waals surface area (Å²) in [6, 6.07) is 3.27. The van der Waals surface area contributed by atoms with Crippen molar-refractivity contribution in [2.75, 3.05) is 13.1 Å². The Hall–Kier alpha value is -1.95. The molecule has 0 fully saturated rings. The van der Waals surface area contributed by atoms with Gasteiger partial charge in [0.2, 0.25) is 11.8 Å². The molecule has 0 spiro atoms. The van der Waals surface area contributed by atoms with Gasteiger partial charge >= 0.3 is 0 Å². The zero-order chi connectivity index (χ0) is 13.0. The minimum absolute atomic E-state index is 0.0973. The number of aryl methyl sites for hydroxylation is 1. The zero-order valence-corrected chi connectivity index (χ0v) is 10.5. The molecule has 0 aliphatic carbocycles. The van der Waals surface area contributed by atoms with Gasteiger partial charge in [0.15, 0.2) is 0 Å². The quantitative estimate of drug-likeness (QED) is 0.784. The molecule has 0 saturated carbocycles. The Morgan fingerprint density at radius 3 is 3.00 bits per heavy atom. The van der Waals surface area contributed by atoms with E-state index in [9.17, 15) is 4.79 Å². The predicted octanol–water partition coefficient (Wildman–Crippen LogP) is 0.587. The highest BCUT2D eigenvalue weighted by molar-refractivity contribution is 5.50. The average Bonchev–Trinajstić information content (AvgIpc) is 2.82. The molecule has 0 saturated heterocycles. The summed E-state index contributed by atoms with van der Waals surface area (Å²) >= 11 is 0. The highest BCUT2D eigenvalue weighted by atomic mass is 16.4. The molecular formula is C12H16N4O2. The van der Waals surface area contributed by atoms with Crippen LogP contribution in [0.25, 0.3) is 11.5 Å². The normalized spacial score (nSPS) is 10.8. The molecule has 0 bridgehead atoms. The number of hydrogen-bond acceptors (Lipinski definition) is 5. The molecule has 6 nitrogen and oxygen atoms in total. The summed E-state index contributed by atoms with van der Waals surface area (Å²) in [6.45, 7) is 3.75. The van der Waals surface area contributed by atoms with E-state index in [-0.39, 0.29) is 5.56 Å². The molecule has 0 atom stereocenters. The van der Waals surface area contributed by atoms with E-state index in [1.165, 1.54) is 10.6 Å². The second-order valence-corrected chi connectivity index (χ2v) is 3.97. The molecule has 0 amide bonds. The second-order valence-electron chi connectivity index (χ2n) is 3.97. The van der Waals surface area contributed by atoms with Crippen LogP contribution in [0.4, 0.5) is 0 Å². The monoisotopic (exact) mass is 248 g/mol. The Morgan fingerprint density at radius 2 is 2.28 bits per heavy atom. The van der Waals surface area contributed by atoms with E-state index < -0.39 is 0 Å². The van der Waals surface area contributed by atoms with E-state index >= 15 is 0 Å². The van der Waals surface area contributed by atoms with E-state index in [4.69, 9.17) is 4.42 Å². The number of aromatic nitrogens is 3. The van der Waals surface area contributed by atoms with Crippen molar-refractivity contribution in [2.45, 2.75) is 13.3 Å². The number of hydrogen-bond donors (Lipinski definition) is 1. The van der Waals surface area contributed by atoms with Crippen LogP contribution in [-0.4, -0.2) is 27.9 Å². The Morgan fingerprint density at radius 1 is 1.44 bits per heavy atom. The minimum Gasteiger partial charge on any atom is -0.421 e. The summed E-state index contributed by atoms with van der Waals surface area (Å²) in [6.07, 6.45) is 2.37. The molecule has 1 N–H and O–H groups in total. The van der Waals surface area contributed by atoms with Crippen molar-refractivity contribution in [2.24, 2.45) is 7.05 Å². The zero-order valence-electron chi connectivity index (χ0n) is 10.5. The fourth-order valence-corrected chi connectivity index (χ4v) is 1.52. The molecule has 2 rings (SSSR count). The number of likely N-dealkylation sites (N-methyl/N-ethyl adjacent to an activating group) is 1. The summed E-state index contributed by atoms with van der Waals surface area (Å²) in [7, 11) is 1.70. The van der Waals surface area contributed by atoms with Crippen LogP contribution in [0.15, 0.2) is 27.5 Å². The molecule has 18 heavy (non-hydrogen) atoms. The molecule has 0 radical (unpaired) electrons.